The van der Waals surface area contributed by atoms with Crippen LogP contribution in [0.2, 0.25) is 0 Å². The van der Waals surface area contributed by atoms with E-state index < -0.39 is 9.84 Å². The van der Waals surface area contributed by atoms with E-state index in [0.717, 1.165) is 11.9 Å². The van der Waals surface area contributed by atoms with E-state index in [2.05, 4.69) is 35.6 Å². The summed E-state index contributed by atoms with van der Waals surface area (Å²) in [6.07, 6.45) is 3.99. The van der Waals surface area contributed by atoms with Crippen LogP contribution in [0.3, 0.4) is 0 Å². The van der Waals surface area contributed by atoms with E-state index in [-0.39, 0.29) is 10.7 Å². The topological polar surface area (TPSA) is 123 Å². The summed E-state index contributed by atoms with van der Waals surface area (Å²) < 4.78 is 23.8. The lowest BCUT2D eigenvalue weighted by atomic mass is 10.4. The number of nitrogens with zero attached hydrogens (tertiary/aromatic N) is 5. The molecule has 0 unspecified atom stereocenters. The molecule has 9 nitrogen and oxygen atoms in total. The van der Waals surface area contributed by atoms with Gasteiger partial charge in [0.1, 0.15) is 40.3 Å². The zero-order valence-corrected chi connectivity index (χ0v) is 15.2. The molecule has 0 bridgehead atoms. The number of aryl methyl sites for hydroxylation is 2. The first-order valence-electron chi connectivity index (χ1n) is 7.65. The monoisotopic (exact) mass is 371 g/mol. The van der Waals surface area contributed by atoms with Crippen LogP contribution >= 0.6 is 0 Å². The second-order valence-corrected chi connectivity index (χ2v) is 7.59. The standard InChI is InChI=1S/C16H17N7O2S/c1-10-7-15(21-11(2)20-10)22-13-8-14(19-9-18-13)23-16-12(26(3,24)25)5-4-6-17-16/h4-9H,1-3H3,(H2,17,18,19,20,21,22,23). The van der Waals surface area contributed by atoms with E-state index in [1.807, 2.05) is 6.92 Å². The largest absolute Gasteiger partial charge is 0.325 e. The van der Waals surface area contributed by atoms with Crippen molar-refractivity contribution in [2.24, 2.45) is 0 Å². The van der Waals surface area contributed by atoms with Crippen molar-refractivity contribution in [2.45, 2.75) is 18.7 Å². The number of aromatic nitrogens is 5. The second kappa shape index (κ2) is 7.00. The summed E-state index contributed by atoms with van der Waals surface area (Å²) >= 11 is 0. The summed E-state index contributed by atoms with van der Waals surface area (Å²) in [5, 5.41) is 5.99. The van der Waals surface area contributed by atoms with E-state index in [4.69, 9.17) is 0 Å². The van der Waals surface area contributed by atoms with Crippen LogP contribution < -0.4 is 10.6 Å². The maximum atomic E-state index is 11.9. The fourth-order valence-electron chi connectivity index (χ4n) is 2.31. The molecule has 3 rings (SSSR count). The predicted octanol–water partition coefficient (Wildman–Crippen LogP) is 2.17. The highest BCUT2D eigenvalue weighted by Crippen LogP contribution is 2.22. The van der Waals surface area contributed by atoms with Gasteiger partial charge < -0.3 is 10.6 Å². The molecule has 26 heavy (non-hydrogen) atoms. The zero-order chi connectivity index (χ0) is 18.7. The second-order valence-electron chi connectivity index (χ2n) is 5.60. The molecule has 2 N–H and O–H groups in total. The Bertz CT molecular complexity index is 1030. The molecule has 0 aliphatic rings. The van der Waals surface area contributed by atoms with Crippen molar-refractivity contribution in [2.75, 3.05) is 16.9 Å². The third-order valence-corrected chi connectivity index (χ3v) is 4.43. The Balaban J connectivity index is 1.87. The van der Waals surface area contributed by atoms with Crippen LogP contribution in [0.4, 0.5) is 23.3 Å². The lowest BCUT2D eigenvalue weighted by molar-refractivity contribution is 0.602. The van der Waals surface area contributed by atoms with Crippen molar-refractivity contribution in [3.8, 4) is 0 Å². The van der Waals surface area contributed by atoms with Gasteiger partial charge in [0.05, 0.1) is 0 Å². The van der Waals surface area contributed by atoms with Crippen molar-refractivity contribution >= 4 is 33.1 Å². The third-order valence-electron chi connectivity index (χ3n) is 3.31. The summed E-state index contributed by atoms with van der Waals surface area (Å²) in [4.78, 5) is 20.9. The van der Waals surface area contributed by atoms with E-state index in [9.17, 15) is 8.42 Å². The minimum Gasteiger partial charge on any atom is -0.325 e. The van der Waals surface area contributed by atoms with Crippen molar-refractivity contribution in [3.63, 3.8) is 0 Å². The van der Waals surface area contributed by atoms with Crippen LogP contribution in [0.1, 0.15) is 11.5 Å². The Morgan fingerprint density at radius 2 is 1.65 bits per heavy atom. The van der Waals surface area contributed by atoms with Gasteiger partial charge in [-0.1, -0.05) is 0 Å². The molecule has 10 heteroatoms. The highest BCUT2D eigenvalue weighted by molar-refractivity contribution is 7.90. The molecule has 0 atom stereocenters. The summed E-state index contributed by atoms with van der Waals surface area (Å²) in [7, 11) is -3.42. The lowest BCUT2D eigenvalue weighted by Gasteiger charge is -2.10. The zero-order valence-electron chi connectivity index (χ0n) is 14.4. The number of hydrogen-bond donors (Lipinski definition) is 2. The van der Waals surface area contributed by atoms with E-state index in [1.165, 1.54) is 18.6 Å². The van der Waals surface area contributed by atoms with Crippen LogP contribution in [0.5, 0.6) is 0 Å². The van der Waals surface area contributed by atoms with Crippen LogP contribution in [0.25, 0.3) is 0 Å². The van der Waals surface area contributed by atoms with Gasteiger partial charge in [-0.2, -0.15) is 0 Å². The van der Waals surface area contributed by atoms with Gasteiger partial charge >= 0.3 is 0 Å². The normalized spacial score (nSPS) is 11.2. The maximum absolute atomic E-state index is 11.9. The Hall–Kier alpha value is -3.14. The first-order chi connectivity index (χ1) is 12.3. The van der Waals surface area contributed by atoms with Gasteiger partial charge in [-0.15, -0.1) is 0 Å². The summed E-state index contributed by atoms with van der Waals surface area (Å²) in [5.74, 6) is 2.35. The van der Waals surface area contributed by atoms with Crippen molar-refractivity contribution in [3.05, 3.63) is 48.3 Å². The summed E-state index contributed by atoms with van der Waals surface area (Å²) in [5.41, 5.74) is 0.832. The Kier molecular flexibility index (Phi) is 4.76. The molecular formula is C16H17N7O2S. The fraction of sp³-hybridized carbons (Fsp3) is 0.188. The molecular weight excluding hydrogens is 354 g/mol. The van der Waals surface area contributed by atoms with Crippen LogP contribution in [0, 0.1) is 13.8 Å². The summed E-state index contributed by atoms with van der Waals surface area (Å²) in [6.45, 7) is 3.68. The highest BCUT2D eigenvalue weighted by Gasteiger charge is 2.14. The van der Waals surface area contributed by atoms with E-state index >= 15 is 0 Å². The number of nitrogens with one attached hydrogen (secondary N) is 2. The average Bonchev–Trinajstić information content (AvgIpc) is 2.53. The highest BCUT2D eigenvalue weighted by atomic mass is 32.2. The molecule has 3 aromatic heterocycles. The summed E-state index contributed by atoms with van der Waals surface area (Å²) in [6, 6.07) is 6.47. The molecule has 3 aromatic rings. The number of hydrogen-bond acceptors (Lipinski definition) is 9. The Labute approximate surface area is 150 Å². The minimum atomic E-state index is -3.42. The molecule has 0 fully saturated rings. The molecule has 0 aliphatic heterocycles. The molecule has 0 spiro atoms. The molecule has 0 amide bonds. The number of sulfone groups is 1. The van der Waals surface area contributed by atoms with Crippen molar-refractivity contribution in [1.82, 2.24) is 24.9 Å². The average molecular weight is 371 g/mol. The van der Waals surface area contributed by atoms with Crippen molar-refractivity contribution < 1.29 is 8.42 Å². The third kappa shape index (κ3) is 4.28. The Morgan fingerprint density at radius 1 is 0.923 bits per heavy atom. The Morgan fingerprint density at radius 3 is 2.35 bits per heavy atom. The van der Waals surface area contributed by atoms with Crippen LogP contribution in [-0.4, -0.2) is 39.6 Å². The molecule has 134 valence electrons. The van der Waals surface area contributed by atoms with Gasteiger partial charge in [0.2, 0.25) is 0 Å². The molecule has 0 radical (unpaired) electrons. The van der Waals surface area contributed by atoms with Gasteiger partial charge in [-0.25, -0.2) is 33.3 Å². The predicted molar refractivity (Wildman–Crippen MR) is 97.5 cm³/mol. The minimum absolute atomic E-state index is 0.0928. The molecule has 0 aromatic carbocycles. The van der Waals surface area contributed by atoms with Crippen LogP contribution in [-0.2, 0) is 9.84 Å². The van der Waals surface area contributed by atoms with Crippen LogP contribution in [0.15, 0.2) is 41.7 Å². The van der Waals surface area contributed by atoms with Crippen molar-refractivity contribution in [1.29, 1.82) is 0 Å². The van der Waals surface area contributed by atoms with E-state index in [0.29, 0.717) is 23.3 Å². The molecule has 0 aliphatic carbocycles. The number of rotatable bonds is 5. The van der Waals surface area contributed by atoms with Gasteiger partial charge in [0, 0.05) is 30.3 Å². The van der Waals surface area contributed by atoms with Gasteiger partial charge in [-0.05, 0) is 26.0 Å². The molecule has 3 heterocycles. The first-order valence-corrected chi connectivity index (χ1v) is 9.54. The molecule has 0 saturated heterocycles. The SMILES string of the molecule is Cc1cc(Nc2cc(Nc3ncccc3S(C)(=O)=O)ncn2)nc(C)n1. The first kappa shape index (κ1) is 17.7. The maximum Gasteiger partial charge on any atom is 0.179 e. The molecule has 0 saturated carbocycles. The van der Waals surface area contributed by atoms with E-state index in [1.54, 1.807) is 25.1 Å². The lowest BCUT2D eigenvalue weighted by Crippen LogP contribution is -2.06. The van der Waals surface area contributed by atoms with Gasteiger partial charge in [0.25, 0.3) is 0 Å². The number of anilines is 4. The van der Waals surface area contributed by atoms with Gasteiger partial charge in [-0.3, -0.25) is 0 Å². The quantitative estimate of drug-likeness (QED) is 0.694. The smallest absolute Gasteiger partial charge is 0.179 e. The van der Waals surface area contributed by atoms with Gasteiger partial charge in [0.15, 0.2) is 9.84 Å². The number of pyridine rings is 1. The fourth-order valence-corrected chi connectivity index (χ4v) is 3.09.